The van der Waals surface area contributed by atoms with Gasteiger partial charge in [-0.05, 0) is 18.8 Å². The van der Waals surface area contributed by atoms with E-state index in [0.717, 1.165) is 25.9 Å². The Labute approximate surface area is 122 Å². The van der Waals surface area contributed by atoms with Crippen LogP contribution in [0.15, 0.2) is 12.1 Å². The molecule has 0 spiro atoms. The van der Waals surface area contributed by atoms with Gasteiger partial charge in [-0.25, -0.2) is 0 Å². The number of nitro benzene ring substituents is 1. The number of benzene rings is 1. The second-order valence-corrected chi connectivity index (χ2v) is 5.33. The third-order valence-electron chi connectivity index (χ3n) is 3.88. The maximum absolute atomic E-state index is 11.4. The first kappa shape index (κ1) is 15.1. The molecule has 0 unspecified atom stereocenters. The van der Waals surface area contributed by atoms with Crippen LogP contribution in [-0.2, 0) is 0 Å². The molecule has 2 rings (SSSR count). The van der Waals surface area contributed by atoms with E-state index in [-0.39, 0.29) is 17.0 Å². The van der Waals surface area contributed by atoms with Gasteiger partial charge in [0.2, 0.25) is 0 Å². The molecule has 7 heteroatoms. The fourth-order valence-corrected chi connectivity index (χ4v) is 2.57. The lowest BCUT2D eigenvalue weighted by Crippen LogP contribution is -2.33. The lowest BCUT2D eigenvalue weighted by atomic mass is 9.98. The van der Waals surface area contributed by atoms with Crippen LogP contribution in [0.3, 0.4) is 0 Å². The summed E-state index contributed by atoms with van der Waals surface area (Å²) >= 11 is 0. The van der Waals surface area contributed by atoms with Crippen molar-refractivity contribution < 1.29 is 14.5 Å². The molecule has 114 valence electrons. The van der Waals surface area contributed by atoms with E-state index < -0.39 is 10.8 Å². The van der Waals surface area contributed by atoms with Crippen LogP contribution in [0.4, 0.5) is 11.4 Å². The molecule has 0 aromatic heterocycles. The molecule has 1 saturated heterocycles. The van der Waals surface area contributed by atoms with Gasteiger partial charge in [0.15, 0.2) is 0 Å². The zero-order valence-corrected chi connectivity index (χ0v) is 12.2. The summed E-state index contributed by atoms with van der Waals surface area (Å²) in [5.41, 5.74) is 5.65. The van der Waals surface area contributed by atoms with Crippen LogP contribution >= 0.6 is 0 Å². The van der Waals surface area contributed by atoms with Crippen molar-refractivity contribution in [3.05, 3.63) is 27.8 Å². The number of piperidine rings is 1. The van der Waals surface area contributed by atoms with Gasteiger partial charge in [-0.1, -0.05) is 6.92 Å². The molecule has 0 aliphatic carbocycles. The SMILES string of the molecule is COc1cc(N2CCC(C)CC2)c([N+](=O)[O-])cc1C(N)=O. The zero-order chi connectivity index (χ0) is 15.6. The predicted molar refractivity (Wildman–Crippen MR) is 78.8 cm³/mol. The molecule has 0 saturated carbocycles. The average molecular weight is 293 g/mol. The van der Waals surface area contributed by atoms with Crippen LogP contribution in [0, 0.1) is 16.0 Å². The van der Waals surface area contributed by atoms with Crippen molar-refractivity contribution in [1.82, 2.24) is 0 Å². The van der Waals surface area contributed by atoms with E-state index in [1.165, 1.54) is 19.2 Å². The van der Waals surface area contributed by atoms with Crippen LogP contribution in [0.1, 0.15) is 30.1 Å². The summed E-state index contributed by atoms with van der Waals surface area (Å²) in [6, 6.07) is 2.74. The molecule has 1 fully saturated rings. The van der Waals surface area contributed by atoms with Gasteiger partial charge in [0.25, 0.3) is 11.6 Å². The number of nitro groups is 1. The first-order valence-corrected chi connectivity index (χ1v) is 6.85. The molecule has 0 bridgehead atoms. The van der Waals surface area contributed by atoms with Gasteiger partial charge in [0, 0.05) is 25.2 Å². The number of nitrogens with two attached hydrogens (primary N) is 1. The fraction of sp³-hybridized carbons (Fsp3) is 0.500. The Hall–Kier alpha value is -2.31. The van der Waals surface area contributed by atoms with Gasteiger partial charge in [0.1, 0.15) is 11.4 Å². The summed E-state index contributed by atoms with van der Waals surface area (Å²) in [6.07, 6.45) is 1.97. The molecule has 1 amide bonds. The molecule has 21 heavy (non-hydrogen) atoms. The Bertz CT molecular complexity index is 566. The van der Waals surface area contributed by atoms with Gasteiger partial charge >= 0.3 is 0 Å². The molecule has 1 aliphatic heterocycles. The van der Waals surface area contributed by atoms with Crippen molar-refractivity contribution in [2.75, 3.05) is 25.1 Å². The van der Waals surface area contributed by atoms with Crippen molar-refractivity contribution in [3.63, 3.8) is 0 Å². The summed E-state index contributed by atoms with van der Waals surface area (Å²) in [4.78, 5) is 24.2. The molecule has 2 N–H and O–H groups in total. The van der Waals surface area contributed by atoms with Gasteiger partial charge < -0.3 is 15.4 Å². The lowest BCUT2D eigenvalue weighted by Gasteiger charge is -2.32. The number of nitrogens with zero attached hydrogens (tertiary/aromatic N) is 2. The smallest absolute Gasteiger partial charge is 0.293 e. The maximum atomic E-state index is 11.4. The minimum absolute atomic E-state index is 0.0262. The summed E-state index contributed by atoms with van der Waals surface area (Å²) in [6.45, 7) is 3.67. The number of amides is 1. The van der Waals surface area contributed by atoms with Crippen LogP contribution in [-0.4, -0.2) is 31.0 Å². The summed E-state index contributed by atoms with van der Waals surface area (Å²) < 4.78 is 5.14. The Morgan fingerprint density at radius 1 is 1.43 bits per heavy atom. The Balaban J connectivity index is 2.48. The number of hydrogen-bond acceptors (Lipinski definition) is 5. The normalized spacial score (nSPS) is 15.8. The number of primary amides is 1. The maximum Gasteiger partial charge on any atom is 0.293 e. The molecule has 1 heterocycles. The molecular weight excluding hydrogens is 274 g/mol. The van der Waals surface area contributed by atoms with E-state index in [4.69, 9.17) is 10.5 Å². The van der Waals surface area contributed by atoms with Gasteiger partial charge in [-0.3, -0.25) is 14.9 Å². The van der Waals surface area contributed by atoms with E-state index >= 15 is 0 Å². The van der Waals surface area contributed by atoms with Crippen molar-refractivity contribution in [2.45, 2.75) is 19.8 Å². The lowest BCUT2D eigenvalue weighted by molar-refractivity contribution is -0.384. The minimum Gasteiger partial charge on any atom is -0.496 e. The van der Waals surface area contributed by atoms with E-state index in [1.54, 1.807) is 0 Å². The van der Waals surface area contributed by atoms with Crippen LogP contribution in [0.5, 0.6) is 5.75 Å². The highest BCUT2D eigenvalue weighted by Gasteiger charge is 2.27. The largest absolute Gasteiger partial charge is 0.496 e. The number of rotatable bonds is 4. The minimum atomic E-state index is -0.742. The molecule has 0 atom stereocenters. The highest BCUT2D eigenvalue weighted by molar-refractivity contribution is 5.97. The van der Waals surface area contributed by atoms with Crippen molar-refractivity contribution >= 4 is 17.3 Å². The summed E-state index contributed by atoms with van der Waals surface area (Å²) in [5.74, 6) is 0.141. The molecular formula is C14H19N3O4. The average Bonchev–Trinajstić information content (AvgIpc) is 2.46. The standard InChI is InChI=1S/C14H19N3O4/c1-9-3-5-16(6-4-9)11-8-13(21-2)10(14(15)18)7-12(11)17(19)20/h7-9H,3-6H2,1-2H3,(H2,15,18). The Kier molecular flexibility index (Phi) is 4.30. The van der Waals surface area contributed by atoms with Gasteiger partial charge in [-0.2, -0.15) is 0 Å². The van der Waals surface area contributed by atoms with E-state index in [2.05, 4.69) is 6.92 Å². The zero-order valence-electron chi connectivity index (χ0n) is 12.2. The summed E-state index contributed by atoms with van der Waals surface area (Å²) in [7, 11) is 1.41. The second-order valence-electron chi connectivity index (χ2n) is 5.33. The first-order chi connectivity index (χ1) is 9.93. The second kappa shape index (κ2) is 5.99. The molecule has 1 aromatic rings. The summed E-state index contributed by atoms with van der Waals surface area (Å²) in [5, 5.41) is 11.3. The quantitative estimate of drug-likeness (QED) is 0.675. The monoisotopic (exact) mass is 293 g/mol. The third kappa shape index (κ3) is 3.07. The third-order valence-corrected chi connectivity index (χ3v) is 3.88. The number of carbonyl (C=O) groups is 1. The van der Waals surface area contributed by atoms with Crippen molar-refractivity contribution in [1.29, 1.82) is 0 Å². The number of hydrogen-bond donors (Lipinski definition) is 1. The van der Waals surface area contributed by atoms with Crippen LogP contribution in [0.25, 0.3) is 0 Å². The number of anilines is 1. The Morgan fingerprint density at radius 2 is 2.05 bits per heavy atom. The van der Waals surface area contributed by atoms with Crippen molar-refractivity contribution in [3.8, 4) is 5.75 Å². The number of carbonyl (C=O) groups excluding carboxylic acids is 1. The van der Waals surface area contributed by atoms with Gasteiger partial charge in [0.05, 0.1) is 17.6 Å². The fourth-order valence-electron chi connectivity index (χ4n) is 2.57. The predicted octanol–water partition coefficient (Wildman–Crippen LogP) is 1.94. The van der Waals surface area contributed by atoms with E-state index in [9.17, 15) is 14.9 Å². The van der Waals surface area contributed by atoms with E-state index in [1.807, 2.05) is 4.90 Å². The van der Waals surface area contributed by atoms with Crippen LogP contribution in [0.2, 0.25) is 0 Å². The first-order valence-electron chi connectivity index (χ1n) is 6.85. The Morgan fingerprint density at radius 3 is 2.52 bits per heavy atom. The number of ether oxygens (including phenoxy) is 1. The molecule has 7 nitrogen and oxygen atoms in total. The highest BCUT2D eigenvalue weighted by atomic mass is 16.6. The van der Waals surface area contributed by atoms with Crippen LogP contribution < -0.4 is 15.4 Å². The highest BCUT2D eigenvalue weighted by Crippen LogP contribution is 2.36. The molecule has 0 radical (unpaired) electrons. The van der Waals surface area contributed by atoms with Crippen molar-refractivity contribution in [2.24, 2.45) is 11.7 Å². The van der Waals surface area contributed by atoms with E-state index in [0.29, 0.717) is 11.6 Å². The molecule has 1 aromatic carbocycles. The number of methoxy groups -OCH3 is 1. The van der Waals surface area contributed by atoms with Gasteiger partial charge in [-0.15, -0.1) is 0 Å². The topological polar surface area (TPSA) is 98.7 Å². The molecule has 1 aliphatic rings.